The highest BCUT2D eigenvalue weighted by Gasteiger charge is 2.38. The third-order valence-corrected chi connectivity index (χ3v) is 8.73. The molecule has 0 saturated carbocycles. The molecular weight excluding hydrogens is 420 g/mol. The maximum Gasteiger partial charge on any atom is 0.310 e. The molecule has 2 atom stereocenters. The SMILES string of the molecule is CCOC(=O)[C@H]1C[C@@H](O)CN(S(=O)(=O)c2ccc(S(=O)(=O)N(CC)CC)cc2)C1. The zero-order chi connectivity index (χ0) is 21.8. The molecule has 9 nitrogen and oxygen atoms in total. The van der Waals surface area contributed by atoms with Gasteiger partial charge in [-0.1, -0.05) is 13.8 Å². The van der Waals surface area contributed by atoms with Gasteiger partial charge in [0.2, 0.25) is 20.0 Å². The van der Waals surface area contributed by atoms with Crippen molar-refractivity contribution in [1.82, 2.24) is 8.61 Å². The molecular formula is C18H28N2O7S2. The van der Waals surface area contributed by atoms with Crippen LogP contribution in [0.4, 0.5) is 0 Å². The Balaban J connectivity index is 2.28. The summed E-state index contributed by atoms with van der Waals surface area (Å²) in [4.78, 5) is 11.9. The Kier molecular flexibility index (Phi) is 7.80. The van der Waals surface area contributed by atoms with Crippen molar-refractivity contribution in [3.63, 3.8) is 0 Å². The number of carbonyl (C=O) groups is 1. The first-order chi connectivity index (χ1) is 13.6. The molecule has 1 fully saturated rings. The number of esters is 1. The lowest BCUT2D eigenvalue weighted by atomic mass is 9.98. The summed E-state index contributed by atoms with van der Waals surface area (Å²) in [6, 6.07) is 4.96. The van der Waals surface area contributed by atoms with Gasteiger partial charge in [0.05, 0.1) is 28.4 Å². The Labute approximate surface area is 172 Å². The predicted octanol–water partition coefficient (Wildman–Crippen LogP) is 0.652. The summed E-state index contributed by atoms with van der Waals surface area (Å²) in [6.45, 7) is 5.64. The van der Waals surface area contributed by atoms with Crippen molar-refractivity contribution in [3.8, 4) is 0 Å². The van der Waals surface area contributed by atoms with Crippen molar-refractivity contribution in [2.24, 2.45) is 5.92 Å². The number of hydrogen-bond donors (Lipinski definition) is 1. The average molecular weight is 449 g/mol. The molecule has 1 N–H and O–H groups in total. The van der Waals surface area contributed by atoms with Crippen molar-refractivity contribution < 1.29 is 31.5 Å². The van der Waals surface area contributed by atoms with Gasteiger partial charge < -0.3 is 9.84 Å². The van der Waals surface area contributed by atoms with E-state index < -0.39 is 38.0 Å². The maximum atomic E-state index is 13.0. The van der Waals surface area contributed by atoms with Gasteiger partial charge in [-0.3, -0.25) is 4.79 Å². The molecule has 29 heavy (non-hydrogen) atoms. The molecule has 0 radical (unpaired) electrons. The highest BCUT2D eigenvalue weighted by molar-refractivity contribution is 7.89. The molecule has 2 rings (SSSR count). The summed E-state index contributed by atoms with van der Waals surface area (Å²) in [6.07, 6.45) is -0.860. The van der Waals surface area contributed by atoms with E-state index in [1.807, 2.05) is 0 Å². The number of aliphatic hydroxyl groups excluding tert-OH is 1. The molecule has 1 aliphatic heterocycles. The number of aliphatic hydroxyl groups is 1. The van der Waals surface area contributed by atoms with Gasteiger partial charge in [-0.25, -0.2) is 16.8 Å². The average Bonchev–Trinajstić information content (AvgIpc) is 2.68. The monoisotopic (exact) mass is 448 g/mol. The highest BCUT2D eigenvalue weighted by Crippen LogP contribution is 2.26. The van der Waals surface area contributed by atoms with Crippen LogP contribution in [0.25, 0.3) is 0 Å². The molecule has 1 aromatic carbocycles. The summed E-state index contributed by atoms with van der Waals surface area (Å²) in [5, 5.41) is 10.0. The lowest BCUT2D eigenvalue weighted by Crippen LogP contribution is -2.48. The Hall–Kier alpha value is -1.53. The third kappa shape index (κ3) is 5.15. The van der Waals surface area contributed by atoms with Crippen LogP contribution in [0.15, 0.2) is 34.1 Å². The van der Waals surface area contributed by atoms with Crippen molar-refractivity contribution in [3.05, 3.63) is 24.3 Å². The van der Waals surface area contributed by atoms with E-state index in [-0.39, 0.29) is 35.9 Å². The Morgan fingerprint density at radius 3 is 2.14 bits per heavy atom. The number of hydrogen-bond acceptors (Lipinski definition) is 7. The number of piperidine rings is 1. The van der Waals surface area contributed by atoms with Crippen LogP contribution in [0.1, 0.15) is 27.2 Å². The molecule has 1 saturated heterocycles. The van der Waals surface area contributed by atoms with Crippen LogP contribution in [0, 0.1) is 5.92 Å². The molecule has 11 heteroatoms. The van der Waals surface area contributed by atoms with Crippen molar-refractivity contribution in [2.75, 3.05) is 32.8 Å². The summed E-state index contributed by atoms with van der Waals surface area (Å²) in [5.41, 5.74) is 0. The lowest BCUT2D eigenvalue weighted by molar-refractivity contribution is -0.150. The van der Waals surface area contributed by atoms with Crippen LogP contribution >= 0.6 is 0 Å². The Bertz CT molecular complexity index is 910. The van der Waals surface area contributed by atoms with Gasteiger partial charge in [0.1, 0.15) is 0 Å². The second-order valence-corrected chi connectivity index (χ2v) is 10.6. The summed E-state index contributed by atoms with van der Waals surface area (Å²) in [7, 11) is -7.71. The Morgan fingerprint density at radius 1 is 1.07 bits per heavy atom. The van der Waals surface area contributed by atoms with Crippen molar-refractivity contribution in [1.29, 1.82) is 0 Å². The van der Waals surface area contributed by atoms with Gasteiger partial charge in [0.15, 0.2) is 0 Å². The number of carbonyl (C=O) groups excluding carboxylic acids is 1. The van der Waals surface area contributed by atoms with E-state index in [1.165, 1.54) is 28.6 Å². The smallest absolute Gasteiger partial charge is 0.310 e. The molecule has 1 aliphatic rings. The van der Waals surface area contributed by atoms with Crippen LogP contribution < -0.4 is 0 Å². The lowest BCUT2D eigenvalue weighted by Gasteiger charge is -2.33. The zero-order valence-corrected chi connectivity index (χ0v) is 18.4. The number of sulfonamides is 2. The van der Waals surface area contributed by atoms with Gasteiger partial charge >= 0.3 is 5.97 Å². The van der Waals surface area contributed by atoms with E-state index in [2.05, 4.69) is 0 Å². The molecule has 164 valence electrons. The van der Waals surface area contributed by atoms with Gasteiger partial charge in [-0.2, -0.15) is 8.61 Å². The minimum atomic E-state index is -4.01. The molecule has 0 aromatic heterocycles. The number of benzene rings is 1. The standard InChI is InChI=1S/C18H28N2O7S2/c1-4-19(5-2)28(23,24)16-7-9-17(10-8-16)29(25,26)20-12-14(11-15(21)13-20)18(22)27-6-3/h7-10,14-15,21H,4-6,11-13H2,1-3H3/t14-,15+/m0/s1. The van der Waals surface area contributed by atoms with E-state index in [0.29, 0.717) is 13.1 Å². The van der Waals surface area contributed by atoms with Crippen LogP contribution in [0.2, 0.25) is 0 Å². The van der Waals surface area contributed by atoms with E-state index in [9.17, 15) is 26.7 Å². The predicted molar refractivity (Wildman–Crippen MR) is 106 cm³/mol. The molecule has 1 aromatic rings. The molecule has 1 heterocycles. The van der Waals surface area contributed by atoms with Crippen molar-refractivity contribution >= 4 is 26.0 Å². The van der Waals surface area contributed by atoms with Crippen LogP contribution in [-0.4, -0.2) is 75.4 Å². The fraction of sp³-hybridized carbons (Fsp3) is 0.611. The zero-order valence-electron chi connectivity index (χ0n) is 16.8. The number of nitrogens with zero attached hydrogens (tertiary/aromatic N) is 2. The van der Waals surface area contributed by atoms with Crippen LogP contribution in [-0.2, 0) is 29.6 Å². The minimum absolute atomic E-state index is 0.00299. The fourth-order valence-electron chi connectivity index (χ4n) is 3.31. The van der Waals surface area contributed by atoms with E-state index in [0.717, 1.165) is 4.31 Å². The van der Waals surface area contributed by atoms with E-state index >= 15 is 0 Å². The molecule has 0 unspecified atom stereocenters. The molecule has 0 aliphatic carbocycles. The highest BCUT2D eigenvalue weighted by atomic mass is 32.2. The fourth-order valence-corrected chi connectivity index (χ4v) is 6.29. The second-order valence-electron chi connectivity index (χ2n) is 6.72. The Morgan fingerprint density at radius 2 is 1.62 bits per heavy atom. The third-order valence-electron chi connectivity index (χ3n) is 4.82. The summed E-state index contributed by atoms with van der Waals surface area (Å²) < 4.78 is 58.3. The number of β-amino-alcohol motifs (C(OH)–C–C–N with tert-alkyl or cyclic N) is 1. The van der Waals surface area contributed by atoms with Gasteiger partial charge in [0, 0.05) is 26.2 Å². The quantitative estimate of drug-likeness (QED) is 0.580. The van der Waals surface area contributed by atoms with Gasteiger partial charge in [0.25, 0.3) is 0 Å². The topological polar surface area (TPSA) is 121 Å². The summed E-state index contributed by atoms with van der Waals surface area (Å²) >= 11 is 0. The van der Waals surface area contributed by atoms with E-state index in [4.69, 9.17) is 4.74 Å². The van der Waals surface area contributed by atoms with Gasteiger partial charge in [-0.15, -0.1) is 0 Å². The molecule has 0 bridgehead atoms. The molecule has 0 amide bonds. The van der Waals surface area contributed by atoms with Crippen molar-refractivity contribution in [2.45, 2.75) is 43.1 Å². The largest absolute Gasteiger partial charge is 0.466 e. The normalized spacial score (nSPS) is 21.3. The first-order valence-electron chi connectivity index (χ1n) is 9.52. The second kappa shape index (κ2) is 9.52. The first-order valence-corrected chi connectivity index (χ1v) is 12.4. The number of ether oxygens (including phenoxy) is 1. The molecule has 0 spiro atoms. The van der Waals surface area contributed by atoms with Crippen LogP contribution in [0.3, 0.4) is 0 Å². The maximum absolute atomic E-state index is 13.0. The van der Waals surface area contributed by atoms with Crippen LogP contribution in [0.5, 0.6) is 0 Å². The van der Waals surface area contributed by atoms with Gasteiger partial charge in [-0.05, 0) is 37.6 Å². The summed E-state index contributed by atoms with van der Waals surface area (Å²) in [5.74, 6) is -1.30. The minimum Gasteiger partial charge on any atom is -0.466 e. The number of rotatable bonds is 8. The first kappa shape index (κ1) is 23.7. The van der Waals surface area contributed by atoms with E-state index in [1.54, 1.807) is 20.8 Å².